The smallest absolute Gasteiger partial charge is 0.251 e. The van der Waals surface area contributed by atoms with Gasteiger partial charge in [-0.15, -0.1) is 0 Å². The lowest BCUT2D eigenvalue weighted by atomic mass is 10.2. The number of benzene rings is 1. The average Bonchev–Trinajstić information content (AvgIpc) is 2.37. The maximum absolute atomic E-state index is 13.2. The van der Waals surface area contributed by atoms with Crippen molar-refractivity contribution >= 4 is 11.6 Å². The summed E-state index contributed by atoms with van der Waals surface area (Å²) in [5.41, 5.74) is 5.69. The predicted octanol–water partition coefficient (Wildman–Crippen LogP) is 1.48. The Morgan fingerprint density at radius 1 is 1.39 bits per heavy atom. The van der Waals surface area contributed by atoms with Crippen LogP contribution in [-0.4, -0.2) is 37.0 Å². The number of amides is 1. The number of hydrogen-bond donors (Lipinski definition) is 2. The van der Waals surface area contributed by atoms with Gasteiger partial charge in [-0.05, 0) is 31.3 Å². The molecule has 1 aromatic carbocycles. The average molecular weight is 253 g/mol. The summed E-state index contributed by atoms with van der Waals surface area (Å²) in [6.45, 7) is 7.37. The maximum Gasteiger partial charge on any atom is 0.251 e. The third-order valence-corrected chi connectivity index (χ3v) is 2.87. The monoisotopic (exact) mass is 253 g/mol. The lowest BCUT2D eigenvalue weighted by Gasteiger charge is -2.17. The van der Waals surface area contributed by atoms with E-state index in [9.17, 15) is 9.18 Å². The molecule has 3 N–H and O–H groups in total. The molecule has 0 aliphatic carbocycles. The van der Waals surface area contributed by atoms with Gasteiger partial charge in [0, 0.05) is 18.7 Å². The van der Waals surface area contributed by atoms with Crippen LogP contribution in [0.1, 0.15) is 24.2 Å². The van der Waals surface area contributed by atoms with Gasteiger partial charge in [0.25, 0.3) is 5.91 Å². The Labute approximate surface area is 107 Å². The number of nitrogen functional groups attached to an aromatic ring is 1. The fourth-order valence-electron chi connectivity index (χ4n) is 1.64. The van der Waals surface area contributed by atoms with Crippen LogP contribution in [0.2, 0.25) is 0 Å². The number of carbonyl (C=O) groups excluding carboxylic acids is 1. The molecule has 4 nitrogen and oxygen atoms in total. The van der Waals surface area contributed by atoms with Crippen LogP contribution in [0.15, 0.2) is 18.2 Å². The molecule has 0 aliphatic rings. The van der Waals surface area contributed by atoms with Gasteiger partial charge in [-0.2, -0.15) is 0 Å². The summed E-state index contributed by atoms with van der Waals surface area (Å²) in [6, 6.07) is 4.07. The molecule has 0 bridgehead atoms. The number of carbonyl (C=O) groups is 1. The Balaban J connectivity index is 2.48. The molecule has 1 rings (SSSR count). The first-order valence-corrected chi connectivity index (χ1v) is 6.14. The van der Waals surface area contributed by atoms with E-state index >= 15 is 0 Å². The van der Waals surface area contributed by atoms with Crippen LogP contribution in [0.4, 0.5) is 10.1 Å². The van der Waals surface area contributed by atoms with Gasteiger partial charge in [0.1, 0.15) is 5.82 Å². The van der Waals surface area contributed by atoms with Crippen molar-refractivity contribution < 1.29 is 9.18 Å². The molecule has 0 saturated carbocycles. The summed E-state index contributed by atoms with van der Waals surface area (Å²) in [4.78, 5) is 13.9. The minimum Gasteiger partial charge on any atom is -0.396 e. The minimum absolute atomic E-state index is 0.0506. The van der Waals surface area contributed by atoms with Crippen molar-refractivity contribution in [1.29, 1.82) is 0 Å². The van der Waals surface area contributed by atoms with Crippen LogP contribution in [0, 0.1) is 5.82 Å². The second kappa shape index (κ2) is 6.96. The molecule has 0 unspecified atom stereocenters. The van der Waals surface area contributed by atoms with E-state index in [1.54, 1.807) is 0 Å². The number of nitrogens with two attached hydrogens (primary N) is 1. The highest BCUT2D eigenvalue weighted by molar-refractivity contribution is 5.94. The number of halogens is 1. The van der Waals surface area contributed by atoms with Crippen LogP contribution in [0.5, 0.6) is 0 Å². The largest absolute Gasteiger partial charge is 0.396 e. The molecule has 0 heterocycles. The SMILES string of the molecule is CCN(CC)CCNC(=O)c1ccc(N)c(F)c1. The van der Waals surface area contributed by atoms with Crippen molar-refractivity contribution in [2.24, 2.45) is 0 Å². The van der Waals surface area contributed by atoms with Crippen molar-refractivity contribution in [3.05, 3.63) is 29.6 Å². The molecule has 0 aromatic heterocycles. The van der Waals surface area contributed by atoms with E-state index in [0.29, 0.717) is 12.1 Å². The summed E-state index contributed by atoms with van der Waals surface area (Å²) in [7, 11) is 0. The first-order chi connectivity index (χ1) is 8.58. The molecular weight excluding hydrogens is 233 g/mol. The van der Waals surface area contributed by atoms with Crippen molar-refractivity contribution in [3.63, 3.8) is 0 Å². The third kappa shape index (κ3) is 4.00. The van der Waals surface area contributed by atoms with Crippen LogP contribution >= 0.6 is 0 Å². The Kier molecular flexibility index (Phi) is 5.58. The van der Waals surface area contributed by atoms with Crippen LogP contribution in [0.3, 0.4) is 0 Å². The Morgan fingerprint density at radius 3 is 2.61 bits per heavy atom. The van der Waals surface area contributed by atoms with Gasteiger partial charge in [0.05, 0.1) is 5.69 Å². The Hall–Kier alpha value is -1.62. The van der Waals surface area contributed by atoms with E-state index in [0.717, 1.165) is 25.7 Å². The van der Waals surface area contributed by atoms with Gasteiger partial charge in [0.2, 0.25) is 0 Å². The highest BCUT2D eigenvalue weighted by atomic mass is 19.1. The molecule has 0 aliphatic heterocycles. The van der Waals surface area contributed by atoms with Gasteiger partial charge >= 0.3 is 0 Å². The molecule has 18 heavy (non-hydrogen) atoms. The molecule has 0 atom stereocenters. The zero-order valence-electron chi connectivity index (χ0n) is 10.9. The van der Waals surface area contributed by atoms with E-state index in [1.165, 1.54) is 12.1 Å². The first-order valence-electron chi connectivity index (χ1n) is 6.14. The molecule has 0 fully saturated rings. The zero-order chi connectivity index (χ0) is 13.5. The fourth-order valence-corrected chi connectivity index (χ4v) is 1.64. The van der Waals surface area contributed by atoms with Gasteiger partial charge in [-0.1, -0.05) is 13.8 Å². The van der Waals surface area contributed by atoms with Gasteiger partial charge in [-0.3, -0.25) is 4.79 Å². The molecular formula is C13H20FN3O. The minimum atomic E-state index is -0.564. The van der Waals surface area contributed by atoms with E-state index < -0.39 is 5.82 Å². The first kappa shape index (κ1) is 14.4. The van der Waals surface area contributed by atoms with Gasteiger partial charge in [0.15, 0.2) is 0 Å². The lowest BCUT2D eigenvalue weighted by molar-refractivity contribution is 0.0948. The second-order valence-corrected chi connectivity index (χ2v) is 4.02. The molecule has 0 saturated heterocycles. The molecule has 0 radical (unpaired) electrons. The summed E-state index contributed by atoms with van der Waals surface area (Å²) in [5.74, 6) is -0.840. The van der Waals surface area contributed by atoms with Crippen LogP contribution in [-0.2, 0) is 0 Å². The van der Waals surface area contributed by atoms with E-state index in [4.69, 9.17) is 5.73 Å². The van der Waals surface area contributed by atoms with Gasteiger partial charge < -0.3 is 16.0 Å². The number of rotatable bonds is 6. The van der Waals surface area contributed by atoms with Crippen molar-refractivity contribution in [2.75, 3.05) is 31.9 Å². The third-order valence-electron chi connectivity index (χ3n) is 2.87. The molecule has 0 spiro atoms. The van der Waals surface area contributed by atoms with Crippen molar-refractivity contribution in [3.8, 4) is 0 Å². The Bertz CT molecular complexity index is 405. The quantitative estimate of drug-likeness (QED) is 0.755. The summed E-state index contributed by atoms with van der Waals surface area (Å²) in [6.07, 6.45) is 0. The number of hydrogen-bond acceptors (Lipinski definition) is 3. The number of anilines is 1. The second-order valence-electron chi connectivity index (χ2n) is 4.02. The summed E-state index contributed by atoms with van der Waals surface area (Å²) >= 11 is 0. The number of likely N-dealkylation sites (N-methyl/N-ethyl adjacent to an activating group) is 1. The van der Waals surface area contributed by atoms with E-state index in [2.05, 4.69) is 24.1 Å². The van der Waals surface area contributed by atoms with E-state index in [1.807, 2.05) is 0 Å². The zero-order valence-corrected chi connectivity index (χ0v) is 10.9. The molecule has 1 aromatic rings. The predicted molar refractivity (Wildman–Crippen MR) is 70.9 cm³/mol. The molecule has 5 heteroatoms. The van der Waals surface area contributed by atoms with Crippen LogP contribution < -0.4 is 11.1 Å². The topological polar surface area (TPSA) is 58.4 Å². The standard InChI is InChI=1S/C13H20FN3O/c1-3-17(4-2)8-7-16-13(18)10-5-6-12(15)11(14)9-10/h5-6,9H,3-4,7-8,15H2,1-2H3,(H,16,18). The fraction of sp³-hybridized carbons (Fsp3) is 0.462. The Morgan fingerprint density at radius 2 is 2.06 bits per heavy atom. The normalized spacial score (nSPS) is 10.7. The van der Waals surface area contributed by atoms with Crippen LogP contribution in [0.25, 0.3) is 0 Å². The maximum atomic E-state index is 13.2. The lowest BCUT2D eigenvalue weighted by Crippen LogP contribution is -2.34. The number of nitrogens with one attached hydrogen (secondary N) is 1. The summed E-state index contributed by atoms with van der Waals surface area (Å²) in [5, 5.41) is 2.76. The van der Waals surface area contributed by atoms with E-state index in [-0.39, 0.29) is 11.6 Å². The van der Waals surface area contributed by atoms with Crippen molar-refractivity contribution in [2.45, 2.75) is 13.8 Å². The molecule has 100 valence electrons. The molecule has 1 amide bonds. The highest BCUT2D eigenvalue weighted by Crippen LogP contribution is 2.11. The highest BCUT2D eigenvalue weighted by Gasteiger charge is 2.08. The van der Waals surface area contributed by atoms with Gasteiger partial charge in [-0.25, -0.2) is 4.39 Å². The number of nitrogens with zero attached hydrogens (tertiary/aromatic N) is 1. The van der Waals surface area contributed by atoms with Crippen molar-refractivity contribution in [1.82, 2.24) is 10.2 Å². The summed E-state index contributed by atoms with van der Waals surface area (Å²) < 4.78 is 13.2.